The molecule has 41 heavy (non-hydrogen) atoms. The van der Waals surface area contributed by atoms with Crippen LogP contribution >= 0.6 is 24.0 Å². The monoisotopic (exact) mass is 605 g/mol. The van der Waals surface area contributed by atoms with E-state index in [1.807, 2.05) is 33.8 Å². The number of anilines is 2. The molecule has 10 nitrogen and oxygen atoms in total. The SMILES string of the molecule is CC.COc1ncc(-c2nc(N3CCOCC3)nc3c(CN4CCN(CC(C)(C)O)CC4)c(C)sc23)cc1N.CS. The summed E-state index contributed by atoms with van der Waals surface area (Å²) in [5, 5.41) is 10.2. The minimum Gasteiger partial charge on any atom is -0.480 e. The number of fused-ring (bicyclic) bond motifs is 1. The van der Waals surface area contributed by atoms with Gasteiger partial charge in [-0.2, -0.15) is 12.6 Å². The number of ether oxygens (including phenoxy) is 2. The number of rotatable bonds is 7. The van der Waals surface area contributed by atoms with E-state index in [-0.39, 0.29) is 0 Å². The number of methoxy groups -OCH3 is 1. The molecular weight excluding hydrogens is 558 g/mol. The van der Waals surface area contributed by atoms with E-state index in [0.717, 1.165) is 67.3 Å². The number of hydrogen-bond acceptors (Lipinski definition) is 12. The Kier molecular flexibility index (Phi) is 12.4. The van der Waals surface area contributed by atoms with Crippen molar-refractivity contribution < 1.29 is 14.6 Å². The summed E-state index contributed by atoms with van der Waals surface area (Å²) in [4.78, 5) is 22.8. The van der Waals surface area contributed by atoms with Crippen LogP contribution in [0.3, 0.4) is 0 Å². The number of β-amino-alcohol motifs (C(OH)–C–C–N with tert-alkyl or cyclic N) is 1. The van der Waals surface area contributed by atoms with Crippen LogP contribution in [0.5, 0.6) is 5.88 Å². The number of piperazine rings is 1. The number of thiol groups is 1. The normalized spacial score (nSPS) is 16.6. The number of aliphatic hydroxyl groups is 1. The Morgan fingerprint density at radius 1 is 1.07 bits per heavy atom. The number of aryl methyl sites for hydroxylation is 1. The van der Waals surface area contributed by atoms with Gasteiger partial charge in [-0.3, -0.25) is 9.80 Å². The maximum Gasteiger partial charge on any atom is 0.236 e. The van der Waals surface area contributed by atoms with Gasteiger partial charge in [-0.1, -0.05) is 13.8 Å². The molecule has 5 rings (SSSR count). The van der Waals surface area contributed by atoms with E-state index in [0.29, 0.717) is 37.3 Å². The van der Waals surface area contributed by atoms with E-state index < -0.39 is 5.60 Å². The second kappa shape index (κ2) is 15.3. The van der Waals surface area contributed by atoms with Crippen LogP contribution in [0.4, 0.5) is 11.6 Å². The highest BCUT2D eigenvalue weighted by Gasteiger charge is 2.26. The van der Waals surface area contributed by atoms with Crippen LogP contribution in [-0.2, 0) is 11.3 Å². The smallest absolute Gasteiger partial charge is 0.236 e. The summed E-state index contributed by atoms with van der Waals surface area (Å²) in [6.45, 7) is 18.1. The van der Waals surface area contributed by atoms with Gasteiger partial charge in [0.1, 0.15) is 0 Å². The molecule has 228 valence electrons. The number of nitrogen functional groups attached to an aromatic ring is 1. The van der Waals surface area contributed by atoms with Gasteiger partial charge in [-0.25, -0.2) is 15.0 Å². The van der Waals surface area contributed by atoms with Crippen LogP contribution in [0.1, 0.15) is 38.1 Å². The minimum atomic E-state index is -0.675. The molecule has 0 atom stereocenters. The molecule has 0 aliphatic carbocycles. The second-order valence-corrected chi connectivity index (χ2v) is 11.7. The Morgan fingerprint density at radius 3 is 2.29 bits per heavy atom. The first kappa shape index (κ1) is 33.3. The van der Waals surface area contributed by atoms with Crippen LogP contribution in [0.25, 0.3) is 21.5 Å². The lowest BCUT2D eigenvalue weighted by Crippen LogP contribution is -2.50. The molecule has 2 aliphatic rings. The average molecular weight is 606 g/mol. The number of pyridine rings is 1. The van der Waals surface area contributed by atoms with Crippen molar-refractivity contribution in [2.24, 2.45) is 0 Å². The van der Waals surface area contributed by atoms with Crippen LogP contribution in [0.15, 0.2) is 12.3 Å². The van der Waals surface area contributed by atoms with Crippen molar-refractivity contribution in [3.05, 3.63) is 22.7 Å². The molecule has 2 fully saturated rings. The first-order valence-electron chi connectivity index (χ1n) is 14.3. The van der Waals surface area contributed by atoms with Crippen molar-refractivity contribution >= 4 is 45.8 Å². The van der Waals surface area contributed by atoms with Crippen LogP contribution < -0.4 is 15.4 Å². The third kappa shape index (κ3) is 8.42. The van der Waals surface area contributed by atoms with Crippen LogP contribution in [-0.4, -0.2) is 108 Å². The summed E-state index contributed by atoms with van der Waals surface area (Å²) in [5.41, 5.74) is 9.99. The Bertz CT molecular complexity index is 1250. The summed E-state index contributed by atoms with van der Waals surface area (Å²) in [6, 6.07) is 1.88. The molecular formula is C29H47N7O3S2. The maximum absolute atomic E-state index is 10.2. The molecule has 0 amide bonds. The number of nitrogens with two attached hydrogens (primary N) is 1. The molecule has 0 spiro atoms. The Balaban J connectivity index is 0.00000111. The summed E-state index contributed by atoms with van der Waals surface area (Å²) in [6.07, 6.45) is 3.47. The number of hydrogen-bond donors (Lipinski definition) is 3. The van der Waals surface area contributed by atoms with Crippen LogP contribution in [0, 0.1) is 6.92 Å². The topological polar surface area (TPSA) is 113 Å². The first-order chi connectivity index (χ1) is 19.7. The van der Waals surface area contributed by atoms with Gasteiger partial charge in [0.2, 0.25) is 11.8 Å². The van der Waals surface area contributed by atoms with Gasteiger partial charge in [0, 0.05) is 74.6 Å². The molecule has 2 aliphatic heterocycles. The number of morpholine rings is 1. The molecule has 0 saturated carbocycles. The second-order valence-electron chi connectivity index (χ2n) is 10.5. The molecule has 0 aromatic carbocycles. The third-order valence-corrected chi connectivity index (χ3v) is 8.06. The maximum atomic E-state index is 10.2. The largest absolute Gasteiger partial charge is 0.480 e. The van der Waals surface area contributed by atoms with Crippen molar-refractivity contribution in [2.45, 2.75) is 46.8 Å². The standard InChI is InChI=1S/C26H37N7O3S.C2H6.CH4S/c1-17-19(15-31-5-7-32(8-6-31)16-26(2,3)34)22-23(37-17)21(18-13-20(27)24(35-4)28-14-18)29-25(30-22)33-9-11-36-12-10-33;2*1-2/h13-14,34H,5-12,15-16,27H2,1-4H3;1-2H3;2H,1H3. The highest BCUT2D eigenvalue weighted by molar-refractivity contribution is 7.79. The molecule has 2 saturated heterocycles. The molecule has 0 radical (unpaired) electrons. The number of nitrogens with zero attached hydrogens (tertiary/aromatic N) is 6. The molecule has 0 unspecified atom stereocenters. The fraction of sp³-hybridized carbons (Fsp3) is 0.621. The fourth-order valence-corrected chi connectivity index (χ4v) is 6.17. The zero-order valence-corrected chi connectivity index (χ0v) is 27.3. The third-order valence-electron chi connectivity index (χ3n) is 6.92. The summed E-state index contributed by atoms with van der Waals surface area (Å²) < 4.78 is 11.9. The molecule has 5 heterocycles. The Hall–Kier alpha value is -2.22. The van der Waals surface area contributed by atoms with Crippen molar-refractivity contribution in [3.8, 4) is 17.1 Å². The van der Waals surface area contributed by atoms with Gasteiger partial charge in [-0.15, -0.1) is 11.3 Å². The van der Waals surface area contributed by atoms with Gasteiger partial charge < -0.3 is 25.2 Å². The zero-order chi connectivity index (χ0) is 30.2. The minimum absolute atomic E-state index is 0.411. The van der Waals surface area contributed by atoms with E-state index in [2.05, 4.69) is 39.2 Å². The summed E-state index contributed by atoms with van der Waals surface area (Å²) in [7, 11) is 1.57. The highest BCUT2D eigenvalue weighted by Crippen LogP contribution is 2.39. The quantitative estimate of drug-likeness (QED) is 0.342. The van der Waals surface area contributed by atoms with Gasteiger partial charge in [0.25, 0.3) is 0 Å². The van der Waals surface area contributed by atoms with Gasteiger partial charge >= 0.3 is 0 Å². The van der Waals surface area contributed by atoms with Crippen molar-refractivity contribution in [1.82, 2.24) is 24.8 Å². The predicted molar refractivity (Wildman–Crippen MR) is 174 cm³/mol. The Morgan fingerprint density at radius 2 is 1.71 bits per heavy atom. The molecule has 3 N–H and O–H groups in total. The van der Waals surface area contributed by atoms with Gasteiger partial charge in [-0.05, 0) is 33.1 Å². The van der Waals surface area contributed by atoms with E-state index in [4.69, 9.17) is 25.2 Å². The number of aromatic nitrogens is 3. The van der Waals surface area contributed by atoms with E-state index in [9.17, 15) is 5.11 Å². The predicted octanol–water partition coefficient (Wildman–Crippen LogP) is 3.95. The van der Waals surface area contributed by atoms with Crippen molar-refractivity contribution in [1.29, 1.82) is 0 Å². The van der Waals surface area contributed by atoms with E-state index >= 15 is 0 Å². The van der Waals surface area contributed by atoms with E-state index in [1.165, 1.54) is 10.4 Å². The Labute approximate surface area is 254 Å². The van der Waals surface area contributed by atoms with Crippen LogP contribution in [0.2, 0.25) is 0 Å². The lowest BCUT2D eigenvalue weighted by molar-refractivity contribution is 0.0167. The molecule has 0 bridgehead atoms. The highest BCUT2D eigenvalue weighted by atomic mass is 32.1. The lowest BCUT2D eigenvalue weighted by Gasteiger charge is -2.37. The average Bonchev–Trinajstić information content (AvgIpc) is 3.29. The molecule has 12 heteroatoms. The zero-order valence-electron chi connectivity index (χ0n) is 25.6. The van der Waals surface area contributed by atoms with E-state index in [1.54, 1.807) is 30.9 Å². The fourth-order valence-electron chi connectivity index (χ4n) is 5.05. The van der Waals surface area contributed by atoms with Gasteiger partial charge in [0.15, 0.2) is 0 Å². The summed E-state index contributed by atoms with van der Waals surface area (Å²) >= 11 is 5.26. The molecule has 3 aromatic heterocycles. The van der Waals surface area contributed by atoms with Crippen molar-refractivity contribution in [2.75, 3.05) is 83.0 Å². The molecule has 3 aromatic rings. The van der Waals surface area contributed by atoms with Gasteiger partial charge in [0.05, 0.1) is 47.5 Å². The van der Waals surface area contributed by atoms with Crippen molar-refractivity contribution in [3.63, 3.8) is 0 Å². The first-order valence-corrected chi connectivity index (χ1v) is 16.0. The summed E-state index contributed by atoms with van der Waals surface area (Å²) in [5.74, 6) is 1.13. The lowest BCUT2D eigenvalue weighted by atomic mass is 10.1. The number of thiophene rings is 1.